The average molecular weight is 219 g/mol. The van der Waals surface area contributed by atoms with E-state index in [0.717, 1.165) is 0 Å². The lowest BCUT2D eigenvalue weighted by Crippen LogP contribution is -2.29. The Bertz CT molecular complexity index is 349. The van der Waals surface area contributed by atoms with E-state index < -0.39 is 12.2 Å². The number of halogens is 3. The molecule has 1 atom stereocenters. The van der Waals surface area contributed by atoms with Gasteiger partial charge in [-0.25, -0.2) is 0 Å². The van der Waals surface area contributed by atoms with E-state index in [1.807, 2.05) is 0 Å². The molecule has 5 heteroatoms. The first-order valence-corrected chi connectivity index (χ1v) is 4.33. The Hall–Kier alpha value is -1.23. The van der Waals surface area contributed by atoms with E-state index in [9.17, 15) is 13.2 Å². The molecule has 15 heavy (non-hydrogen) atoms. The lowest BCUT2D eigenvalue weighted by molar-refractivity contribution is -0.149. The van der Waals surface area contributed by atoms with Gasteiger partial charge in [-0.1, -0.05) is 6.07 Å². The Morgan fingerprint density at radius 2 is 1.93 bits per heavy atom. The fraction of sp³-hybridized carbons (Fsp3) is 0.400. The highest BCUT2D eigenvalue weighted by molar-refractivity contribution is 5.37. The second kappa shape index (κ2) is 4.10. The van der Waals surface area contributed by atoms with E-state index in [-0.39, 0.29) is 5.56 Å². The number of hydrogen-bond donors (Lipinski definition) is 1. The number of aryl methyl sites for hydroxylation is 1. The van der Waals surface area contributed by atoms with E-state index in [2.05, 4.69) is 0 Å². The topological polar surface area (TPSA) is 35.2 Å². The zero-order valence-corrected chi connectivity index (χ0v) is 8.43. The minimum Gasteiger partial charge on any atom is -0.497 e. The average Bonchev–Trinajstić information content (AvgIpc) is 2.15. The van der Waals surface area contributed by atoms with Gasteiger partial charge in [-0.2, -0.15) is 13.2 Å². The molecule has 0 spiro atoms. The van der Waals surface area contributed by atoms with Crippen LogP contribution in [-0.4, -0.2) is 13.3 Å². The lowest BCUT2D eigenvalue weighted by Gasteiger charge is -2.18. The molecule has 0 saturated heterocycles. The van der Waals surface area contributed by atoms with Crippen LogP contribution in [0.4, 0.5) is 13.2 Å². The summed E-state index contributed by atoms with van der Waals surface area (Å²) in [5.41, 5.74) is 5.64. The molecule has 0 amide bonds. The SMILES string of the molecule is COc1ccc([C@H](N)C(F)(F)F)c(C)c1. The molecule has 0 saturated carbocycles. The number of methoxy groups -OCH3 is 1. The van der Waals surface area contributed by atoms with Gasteiger partial charge in [0.1, 0.15) is 11.8 Å². The van der Waals surface area contributed by atoms with E-state index in [1.54, 1.807) is 6.92 Å². The predicted octanol–water partition coefficient (Wildman–Crippen LogP) is 2.57. The number of alkyl halides is 3. The molecule has 0 fully saturated rings. The highest BCUT2D eigenvalue weighted by Crippen LogP contribution is 2.33. The maximum absolute atomic E-state index is 12.3. The monoisotopic (exact) mass is 219 g/mol. The zero-order chi connectivity index (χ0) is 11.6. The number of benzene rings is 1. The molecule has 0 heterocycles. The van der Waals surface area contributed by atoms with Crippen molar-refractivity contribution in [1.82, 2.24) is 0 Å². The summed E-state index contributed by atoms with van der Waals surface area (Å²) in [7, 11) is 1.46. The van der Waals surface area contributed by atoms with Gasteiger partial charge in [0.15, 0.2) is 0 Å². The molecular weight excluding hydrogens is 207 g/mol. The molecule has 0 radical (unpaired) electrons. The fourth-order valence-corrected chi connectivity index (χ4v) is 1.30. The van der Waals surface area contributed by atoms with Crippen LogP contribution in [0.2, 0.25) is 0 Å². The highest BCUT2D eigenvalue weighted by Gasteiger charge is 2.38. The van der Waals surface area contributed by atoms with Crippen molar-refractivity contribution in [3.8, 4) is 5.75 Å². The van der Waals surface area contributed by atoms with Crippen molar-refractivity contribution in [2.45, 2.75) is 19.1 Å². The molecule has 84 valence electrons. The van der Waals surface area contributed by atoms with Crippen LogP contribution in [0, 0.1) is 6.92 Å². The molecule has 0 unspecified atom stereocenters. The molecule has 1 aromatic rings. The van der Waals surface area contributed by atoms with Crippen molar-refractivity contribution in [1.29, 1.82) is 0 Å². The largest absolute Gasteiger partial charge is 0.497 e. The van der Waals surface area contributed by atoms with Crippen LogP contribution in [0.25, 0.3) is 0 Å². The van der Waals surface area contributed by atoms with Gasteiger partial charge in [0.2, 0.25) is 0 Å². The third-order valence-electron chi connectivity index (χ3n) is 2.16. The van der Waals surface area contributed by atoms with Crippen LogP contribution < -0.4 is 10.5 Å². The summed E-state index contributed by atoms with van der Waals surface area (Å²) in [4.78, 5) is 0. The first-order valence-electron chi connectivity index (χ1n) is 4.33. The van der Waals surface area contributed by atoms with Gasteiger partial charge >= 0.3 is 6.18 Å². The maximum Gasteiger partial charge on any atom is 0.407 e. The van der Waals surface area contributed by atoms with Crippen LogP contribution in [0.15, 0.2) is 18.2 Å². The molecule has 1 aromatic carbocycles. The van der Waals surface area contributed by atoms with Crippen molar-refractivity contribution in [2.75, 3.05) is 7.11 Å². The Balaban J connectivity index is 3.06. The van der Waals surface area contributed by atoms with Crippen LogP contribution in [0.3, 0.4) is 0 Å². The number of hydrogen-bond acceptors (Lipinski definition) is 2. The Morgan fingerprint density at radius 3 is 2.33 bits per heavy atom. The van der Waals surface area contributed by atoms with E-state index in [4.69, 9.17) is 10.5 Å². The smallest absolute Gasteiger partial charge is 0.407 e. The van der Waals surface area contributed by atoms with Crippen LogP contribution in [0.5, 0.6) is 5.75 Å². The summed E-state index contributed by atoms with van der Waals surface area (Å²) < 4.78 is 41.9. The van der Waals surface area contributed by atoms with Crippen LogP contribution in [-0.2, 0) is 0 Å². The summed E-state index contributed by atoms with van der Waals surface area (Å²) in [5, 5.41) is 0. The molecule has 2 N–H and O–H groups in total. The Labute approximate surface area is 85.8 Å². The van der Waals surface area contributed by atoms with Gasteiger partial charge in [0.05, 0.1) is 7.11 Å². The van der Waals surface area contributed by atoms with Gasteiger partial charge < -0.3 is 10.5 Å². The quantitative estimate of drug-likeness (QED) is 0.829. The molecule has 0 aliphatic rings. The number of nitrogens with two attached hydrogens (primary N) is 1. The normalized spacial score (nSPS) is 13.7. The number of ether oxygens (including phenoxy) is 1. The summed E-state index contributed by atoms with van der Waals surface area (Å²) in [6.07, 6.45) is -4.42. The first kappa shape index (κ1) is 11.8. The van der Waals surface area contributed by atoms with E-state index in [1.165, 1.54) is 25.3 Å². The van der Waals surface area contributed by atoms with Gasteiger partial charge in [-0.15, -0.1) is 0 Å². The molecule has 2 nitrogen and oxygen atoms in total. The van der Waals surface area contributed by atoms with Crippen LogP contribution in [0.1, 0.15) is 17.2 Å². The summed E-state index contributed by atoms with van der Waals surface area (Å²) in [5.74, 6) is 0.519. The standard InChI is InChI=1S/C10H12F3NO/c1-6-5-7(15-2)3-4-8(6)9(14)10(11,12)13/h3-5,9H,14H2,1-2H3/t9-/m0/s1. The zero-order valence-electron chi connectivity index (χ0n) is 8.43. The van der Waals surface area contributed by atoms with Crippen molar-refractivity contribution in [2.24, 2.45) is 5.73 Å². The molecule has 0 bridgehead atoms. The second-order valence-corrected chi connectivity index (χ2v) is 3.24. The first-order chi connectivity index (χ1) is 6.86. The maximum atomic E-state index is 12.3. The van der Waals surface area contributed by atoms with Crippen molar-refractivity contribution >= 4 is 0 Å². The molecule has 0 aliphatic heterocycles. The van der Waals surface area contributed by atoms with Gasteiger partial charge in [-0.05, 0) is 30.2 Å². The molecule has 0 aromatic heterocycles. The fourth-order valence-electron chi connectivity index (χ4n) is 1.30. The van der Waals surface area contributed by atoms with E-state index >= 15 is 0 Å². The highest BCUT2D eigenvalue weighted by atomic mass is 19.4. The third kappa shape index (κ3) is 2.62. The molecule has 0 aliphatic carbocycles. The Kier molecular flexibility index (Phi) is 3.24. The lowest BCUT2D eigenvalue weighted by atomic mass is 10.0. The third-order valence-corrected chi connectivity index (χ3v) is 2.16. The Morgan fingerprint density at radius 1 is 1.33 bits per heavy atom. The van der Waals surface area contributed by atoms with Gasteiger partial charge in [-0.3, -0.25) is 0 Å². The van der Waals surface area contributed by atoms with Crippen molar-refractivity contribution in [3.63, 3.8) is 0 Å². The molecular formula is C10H12F3NO. The van der Waals surface area contributed by atoms with E-state index in [0.29, 0.717) is 11.3 Å². The van der Waals surface area contributed by atoms with Crippen molar-refractivity contribution in [3.05, 3.63) is 29.3 Å². The van der Waals surface area contributed by atoms with Crippen LogP contribution >= 0.6 is 0 Å². The van der Waals surface area contributed by atoms with Gasteiger partial charge in [0, 0.05) is 0 Å². The minimum atomic E-state index is -4.42. The van der Waals surface area contributed by atoms with Crippen molar-refractivity contribution < 1.29 is 17.9 Å². The number of rotatable bonds is 2. The molecule has 1 rings (SSSR count). The predicted molar refractivity (Wildman–Crippen MR) is 50.7 cm³/mol. The second-order valence-electron chi connectivity index (χ2n) is 3.24. The summed E-state index contributed by atoms with van der Waals surface area (Å²) in [6.45, 7) is 1.57. The summed E-state index contributed by atoms with van der Waals surface area (Å²) in [6, 6.07) is 2.39. The minimum absolute atomic E-state index is 0.0725. The summed E-state index contributed by atoms with van der Waals surface area (Å²) >= 11 is 0. The van der Waals surface area contributed by atoms with Gasteiger partial charge in [0.25, 0.3) is 0 Å².